The number of nitrogens with one attached hydrogen (secondary N) is 1. The Balaban J connectivity index is 4.08. The van der Waals surface area contributed by atoms with Gasteiger partial charge in [-0.05, 0) is 5.92 Å². The van der Waals surface area contributed by atoms with Crippen molar-refractivity contribution in [2.75, 3.05) is 39.9 Å². The maximum Gasteiger partial charge on any atom is 0.323 e. The van der Waals surface area contributed by atoms with Crippen molar-refractivity contribution in [3.63, 3.8) is 0 Å². The molecular weight excluding hydrogens is 224 g/mol. The number of hydrogen-bond acceptors (Lipinski definition) is 4. The van der Waals surface area contributed by atoms with Crippen molar-refractivity contribution in [3.05, 3.63) is 0 Å². The monoisotopic (exact) mass is 246 g/mol. The Kier molecular flexibility index (Phi) is 8.35. The van der Waals surface area contributed by atoms with Gasteiger partial charge in [-0.2, -0.15) is 0 Å². The van der Waals surface area contributed by atoms with Crippen molar-refractivity contribution in [2.24, 2.45) is 5.92 Å². The van der Waals surface area contributed by atoms with Crippen LogP contribution >= 0.6 is 0 Å². The van der Waals surface area contributed by atoms with Crippen LogP contribution in [-0.4, -0.2) is 61.8 Å². The normalized spacial score (nSPS) is 10.6. The average Bonchev–Trinajstić information content (AvgIpc) is 2.22. The molecule has 0 fully saturated rings. The van der Waals surface area contributed by atoms with E-state index < -0.39 is 5.97 Å². The van der Waals surface area contributed by atoms with Gasteiger partial charge in [0.1, 0.15) is 6.54 Å². The highest BCUT2D eigenvalue weighted by molar-refractivity contribution is 5.82. The van der Waals surface area contributed by atoms with E-state index in [2.05, 4.69) is 5.32 Å². The van der Waals surface area contributed by atoms with E-state index >= 15 is 0 Å². The second kappa shape index (κ2) is 8.95. The lowest BCUT2D eigenvalue weighted by molar-refractivity contribution is -0.144. The number of ether oxygens (including phenoxy) is 1. The molecule has 0 atom stereocenters. The van der Waals surface area contributed by atoms with E-state index in [9.17, 15) is 9.59 Å². The fourth-order valence-corrected chi connectivity index (χ4v) is 1.34. The third-order valence-corrected chi connectivity index (χ3v) is 2.02. The molecule has 0 aliphatic carbocycles. The molecule has 0 heterocycles. The standard InChI is InChI=1S/C11H22N2O4/c1-9(2)7-13(8-11(15)16)10(14)6-12-4-5-17-3/h9,12H,4-8H2,1-3H3,(H,15,16). The van der Waals surface area contributed by atoms with E-state index in [4.69, 9.17) is 9.84 Å². The van der Waals surface area contributed by atoms with Gasteiger partial charge >= 0.3 is 5.97 Å². The van der Waals surface area contributed by atoms with Crippen LogP contribution in [0.3, 0.4) is 0 Å². The number of methoxy groups -OCH3 is 1. The van der Waals surface area contributed by atoms with Crippen molar-refractivity contribution in [1.29, 1.82) is 0 Å². The lowest BCUT2D eigenvalue weighted by Gasteiger charge is -2.22. The van der Waals surface area contributed by atoms with Gasteiger partial charge in [0.15, 0.2) is 0 Å². The minimum atomic E-state index is -0.990. The van der Waals surface area contributed by atoms with Gasteiger partial charge in [0.25, 0.3) is 0 Å². The van der Waals surface area contributed by atoms with Crippen LogP contribution in [0.25, 0.3) is 0 Å². The molecule has 6 heteroatoms. The quantitative estimate of drug-likeness (QED) is 0.550. The summed E-state index contributed by atoms with van der Waals surface area (Å²) in [7, 11) is 1.58. The second-order valence-corrected chi connectivity index (χ2v) is 4.23. The van der Waals surface area contributed by atoms with E-state index in [0.29, 0.717) is 19.7 Å². The Morgan fingerprint density at radius 2 is 2.06 bits per heavy atom. The summed E-state index contributed by atoms with van der Waals surface area (Å²) in [5.74, 6) is -0.939. The van der Waals surface area contributed by atoms with Crippen LogP contribution in [0, 0.1) is 5.92 Å². The van der Waals surface area contributed by atoms with Gasteiger partial charge in [-0.15, -0.1) is 0 Å². The first kappa shape index (κ1) is 15.9. The molecule has 0 aliphatic heterocycles. The second-order valence-electron chi connectivity index (χ2n) is 4.23. The van der Waals surface area contributed by atoms with Gasteiger partial charge in [-0.1, -0.05) is 13.8 Å². The Bertz CT molecular complexity index is 244. The van der Waals surface area contributed by atoms with Crippen molar-refractivity contribution < 1.29 is 19.4 Å². The highest BCUT2D eigenvalue weighted by Gasteiger charge is 2.17. The first-order valence-corrected chi connectivity index (χ1v) is 5.66. The lowest BCUT2D eigenvalue weighted by atomic mass is 10.2. The largest absolute Gasteiger partial charge is 0.480 e. The van der Waals surface area contributed by atoms with Gasteiger partial charge in [0, 0.05) is 20.2 Å². The Labute approximate surface area is 102 Å². The number of amides is 1. The molecule has 1 amide bonds. The first-order valence-electron chi connectivity index (χ1n) is 5.66. The van der Waals surface area contributed by atoms with Crippen LogP contribution in [0.4, 0.5) is 0 Å². The summed E-state index contributed by atoms with van der Waals surface area (Å²) in [6, 6.07) is 0. The zero-order valence-electron chi connectivity index (χ0n) is 10.7. The molecule has 0 saturated carbocycles. The number of carbonyl (C=O) groups is 2. The average molecular weight is 246 g/mol. The van der Waals surface area contributed by atoms with Crippen LogP contribution in [0.15, 0.2) is 0 Å². The van der Waals surface area contributed by atoms with E-state index in [1.165, 1.54) is 4.90 Å². The summed E-state index contributed by atoms with van der Waals surface area (Å²) in [5.41, 5.74) is 0. The molecule has 0 spiro atoms. The van der Waals surface area contributed by atoms with Gasteiger partial charge in [0.05, 0.1) is 13.2 Å². The molecule has 0 saturated heterocycles. The summed E-state index contributed by atoms with van der Waals surface area (Å²) >= 11 is 0. The summed E-state index contributed by atoms with van der Waals surface area (Å²) in [6.07, 6.45) is 0. The Hall–Kier alpha value is -1.14. The van der Waals surface area contributed by atoms with Crippen molar-refractivity contribution in [3.8, 4) is 0 Å². The topological polar surface area (TPSA) is 78.9 Å². The van der Waals surface area contributed by atoms with Crippen LogP contribution in [0.2, 0.25) is 0 Å². The minimum absolute atomic E-state index is 0.142. The van der Waals surface area contributed by atoms with Crippen LogP contribution < -0.4 is 5.32 Å². The highest BCUT2D eigenvalue weighted by atomic mass is 16.5. The fraction of sp³-hybridized carbons (Fsp3) is 0.818. The summed E-state index contributed by atoms with van der Waals surface area (Å²) in [6.45, 7) is 5.34. The zero-order chi connectivity index (χ0) is 13.3. The molecule has 0 bridgehead atoms. The van der Waals surface area contributed by atoms with Gasteiger partial charge < -0.3 is 20.1 Å². The molecule has 0 rings (SSSR count). The number of aliphatic carboxylic acids is 1. The molecule has 6 nitrogen and oxygen atoms in total. The Morgan fingerprint density at radius 1 is 1.41 bits per heavy atom. The third-order valence-electron chi connectivity index (χ3n) is 2.02. The predicted octanol–water partition coefficient (Wildman–Crippen LogP) is -0.208. The molecule has 17 heavy (non-hydrogen) atoms. The molecule has 0 aromatic rings. The number of nitrogens with zero attached hydrogens (tertiary/aromatic N) is 1. The third kappa shape index (κ3) is 8.65. The molecule has 0 aromatic carbocycles. The zero-order valence-corrected chi connectivity index (χ0v) is 10.7. The number of hydrogen-bond donors (Lipinski definition) is 2. The maximum absolute atomic E-state index is 11.7. The number of carboxylic acid groups (broad SMARTS) is 1. The van der Waals surface area contributed by atoms with Crippen LogP contribution in [0.5, 0.6) is 0 Å². The van der Waals surface area contributed by atoms with E-state index in [1.807, 2.05) is 13.8 Å². The first-order chi connectivity index (χ1) is 7.97. The summed E-state index contributed by atoms with van der Waals surface area (Å²) in [5, 5.41) is 11.6. The van der Waals surface area contributed by atoms with Crippen LogP contribution in [0.1, 0.15) is 13.8 Å². The van der Waals surface area contributed by atoms with Gasteiger partial charge in [-0.25, -0.2) is 0 Å². The summed E-state index contributed by atoms with van der Waals surface area (Å²) < 4.78 is 4.83. The van der Waals surface area contributed by atoms with Crippen molar-refractivity contribution >= 4 is 11.9 Å². The van der Waals surface area contributed by atoms with Crippen molar-refractivity contribution in [1.82, 2.24) is 10.2 Å². The number of carbonyl (C=O) groups excluding carboxylic acids is 1. The number of rotatable bonds is 9. The molecule has 0 radical (unpaired) electrons. The molecule has 100 valence electrons. The highest BCUT2D eigenvalue weighted by Crippen LogP contribution is 1.98. The van der Waals surface area contributed by atoms with Gasteiger partial charge in [0.2, 0.25) is 5.91 Å². The van der Waals surface area contributed by atoms with E-state index in [1.54, 1.807) is 7.11 Å². The maximum atomic E-state index is 11.7. The minimum Gasteiger partial charge on any atom is -0.480 e. The number of carboxylic acids is 1. The fourth-order valence-electron chi connectivity index (χ4n) is 1.34. The smallest absolute Gasteiger partial charge is 0.323 e. The van der Waals surface area contributed by atoms with Gasteiger partial charge in [-0.3, -0.25) is 9.59 Å². The molecule has 0 unspecified atom stereocenters. The molecular formula is C11H22N2O4. The summed E-state index contributed by atoms with van der Waals surface area (Å²) in [4.78, 5) is 23.7. The van der Waals surface area contributed by atoms with Crippen molar-refractivity contribution in [2.45, 2.75) is 13.8 Å². The predicted molar refractivity (Wildman–Crippen MR) is 63.8 cm³/mol. The SMILES string of the molecule is COCCNCC(=O)N(CC(=O)O)CC(C)C. The van der Waals surface area contributed by atoms with Crippen LogP contribution in [-0.2, 0) is 14.3 Å². The van der Waals surface area contributed by atoms with E-state index in [0.717, 1.165) is 0 Å². The van der Waals surface area contributed by atoms with E-state index in [-0.39, 0.29) is 24.9 Å². The lowest BCUT2D eigenvalue weighted by Crippen LogP contribution is -2.43. The molecule has 2 N–H and O–H groups in total. The molecule has 0 aromatic heterocycles. The Morgan fingerprint density at radius 3 is 2.53 bits per heavy atom. The molecule has 0 aliphatic rings.